The first-order chi connectivity index (χ1) is 12.7. The highest BCUT2D eigenvalue weighted by Crippen LogP contribution is 2.19. The lowest BCUT2D eigenvalue weighted by Crippen LogP contribution is -2.47. The smallest absolute Gasteiger partial charge is 0.287 e. The van der Waals surface area contributed by atoms with E-state index in [1.165, 1.54) is 0 Å². The van der Waals surface area contributed by atoms with Gasteiger partial charge in [0, 0.05) is 30.7 Å². The molecule has 1 saturated heterocycles. The van der Waals surface area contributed by atoms with Crippen molar-refractivity contribution in [3.8, 4) is 0 Å². The third-order valence-corrected chi connectivity index (χ3v) is 4.44. The van der Waals surface area contributed by atoms with Crippen LogP contribution in [0.3, 0.4) is 0 Å². The molecule has 2 aromatic carbocycles. The predicted octanol–water partition coefficient (Wildman–Crippen LogP) is 2.30. The number of hydrogen-bond acceptors (Lipinski definition) is 4. The van der Waals surface area contributed by atoms with Crippen molar-refractivity contribution < 1.29 is 14.0 Å². The maximum atomic E-state index is 12.3. The third-order valence-electron chi connectivity index (χ3n) is 4.44. The van der Waals surface area contributed by atoms with Crippen LogP contribution in [0.25, 0.3) is 11.0 Å². The van der Waals surface area contributed by atoms with Gasteiger partial charge in [0.1, 0.15) is 5.58 Å². The minimum Gasteiger partial charge on any atom is -0.451 e. The fraction of sp³-hybridized carbons (Fsp3) is 0.200. The Hall–Kier alpha value is -3.28. The quantitative estimate of drug-likeness (QED) is 0.758. The van der Waals surface area contributed by atoms with Crippen molar-refractivity contribution in [2.75, 3.05) is 24.5 Å². The van der Waals surface area contributed by atoms with Crippen LogP contribution in [-0.2, 0) is 11.3 Å². The summed E-state index contributed by atoms with van der Waals surface area (Å²) in [6.07, 6.45) is 0. The molecule has 6 nitrogen and oxygen atoms in total. The summed E-state index contributed by atoms with van der Waals surface area (Å²) >= 11 is 0. The van der Waals surface area contributed by atoms with Crippen molar-refractivity contribution in [1.82, 2.24) is 10.6 Å². The van der Waals surface area contributed by atoms with Gasteiger partial charge in [-0.1, -0.05) is 30.3 Å². The Morgan fingerprint density at radius 2 is 1.96 bits per heavy atom. The molecule has 6 heteroatoms. The number of furan rings is 1. The molecule has 26 heavy (non-hydrogen) atoms. The Morgan fingerprint density at radius 3 is 2.73 bits per heavy atom. The van der Waals surface area contributed by atoms with Gasteiger partial charge in [-0.05, 0) is 29.8 Å². The molecule has 0 unspecified atom stereocenters. The zero-order chi connectivity index (χ0) is 17.9. The minimum atomic E-state index is -0.238. The Balaban J connectivity index is 1.38. The maximum Gasteiger partial charge on any atom is 0.287 e. The van der Waals surface area contributed by atoms with E-state index in [4.69, 9.17) is 4.42 Å². The summed E-state index contributed by atoms with van der Waals surface area (Å²) in [5.74, 6) is 0.110. The summed E-state index contributed by atoms with van der Waals surface area (Å²) < 4.78 is 5.57. The molecule has 132 valence electrons. The highest BCUT2D eigenvalue weighted by atomic mass is 16.3. The molecule has 2 amide bonds. The molecule has 1 aromatic heterocycles. The van der Waals surface area contributed by atoms with E-state index in [9.17, 15) is 9.59 Å². The summed E-state index contributed by atoms with van der Waals surface area (Å²) in [6, 6.07) is 17.1. The second kappa shape index (κ2) is 6.92. The molecule has 4 rings (SSSR count). The van der Waals surface area contributed by atoms with Crippen molar-refractivity contribution in [3.63, 3.8) is 0 Å². The molecule has 1 aliphatic rings. The number of piperazine rings is 1. The lowest BCUT2D eigenvalue weighted by molar-refractivity contribution is -0.120. The average molecular weight is 349 g/mol. The van der Waals surface area contributed by atoms with Gasteiger partial charge < -0.3 is 20.0 Å². The van der Waals surface area contributed by atoms with Crippen LogP contribution in [0.1, 0.15) is 16.1 Å². The standard InChI is InChI=1S/C20H19N3O3/c24-19-13-23(10-9-21-19)16-7-5-14(6-8-16)12-22-20(25)18-11-15-3-1-2-4-17(15)26-18/h1-8,11H,9-10,12-13H2,(H,21,24)(H,22,25). The molecular weight excluding hydrogens is 330 g/mol. The molecule has 1 aliphatic heterocycles. The van der Waals surface area contributed by atoms with Crippen LogP contribution >= 0.6 is 0 Å². The van der Waals surface area contributed by atoms with E-state index in [0.717, 1.165) is 23.2 Å². The SMILES string of the molecule is O=C1CN(c2ccc(CNC(=O)c3cc4ccccc4o3)cc2)CCN1. The summed E-state index contributed by atoms with van der Waals surface area (Å²) in [4.78, 5) is 25.8. The van der Waals surface area contributed by atoms with Crippen LogP contribution in [0.4, 0.5) is 5.69 Å². The monoisotopic (exact) mass is 349 g/mol. The Kier molecular flexibility index (Phi) is 4.31. The van der Waals surface area contributed by atoms with Crippen molar-refractivity contribution in [3.05, 3.63) is 65.9 Å². The van der Waals surface area contributed by atoms with Crippen LogP contribution < -0.4 is 15.5 Å². The number of nitrogens with one attached hydrogen (secondary N) is 2. The topological polar surface area (TPSA) is 74.6 Å². The minimum absolute atomic E-state index is 0.0402. The van der Waals surface area contributed by atoms with E-state index in [1.807, 2.05) is 53.4 Å². The summed E-state index contributed by atoms with van der Waals surface area (Å²) in [6.45, 7) is 2.25. The summed E-state index contributed by atoms with van der Waals surface area (Å²) in [7, 11) is 0. The van der Waals surface area contributed by atoms with E-state index in [2.05, 4.69) is 10.6 Å². The Labute approximate surface area is 150 Å². The number of amides is 2. The van der Waals surface area contributed by atoms with Crippen molar-refractivity contribution in [1.29, 1.82) is 0 Å². The summed E-state index contributed by atoms with van der Waals surface area (Å²) in [5, 5.41) is 6.60. The molecule has 0 spiro atoms. The van der Waals surface area contributed by atoms with E-state index in [-0.39, 0.29) is 11.8 Å². The van der Waals surface area contributed by atoms with Gasteiger partial charge in [0.15, 0.2) is 5.76 Å². The van der Waals surface area contributed by atoms with Gasteiger partial charge >= 0.3 is 0 Å². The Bertz CT molecular complexity index is 913. The number of rotatable bonds is 4. The fourth-order valence-electron chi connectivity index (χ4n) is 3.05. The fourth-order valence-corrected chi connectivity index (χ4v) is 3.05. The maximum absolute atomic E-state index is 12.3. The summed E-state index contributed by atoms with van der Waals surface area (Å²) in [5.41, 5.74) is 2.69. The first kappa shape index (κ1) is 16.2. The number of anilines is 1. The zero-order valence-electron chi connectivity index (χ0n) is 14.2. The first-order valence-corrected chi connectivity index (χ1v) is 8.56. The van der Waals surface area contributed by atoms with Gasteiger partial charge in [0.05, 0.1) is 6.54 Å². The molecule has 1 fully saturated rings. The van der Waals surface area contributed by atoms with Gasteiger partial charge in [-0.15, -0.1) is 0 Å². The van der Waals surface area contributed by atoms with E-state index in [0.29, 0.717) is 31.0 Å². The lowest BCUT2D eigenvalue weighted by atomic mass is 10.1. The van der Waals surface area contributed by atoms with E-state index >= 15 is 0 Å². The second-order valence-electron chi connectivity index (χ2n) is 6.27. The van der Waals surface area contributed by atoms with Gasteiger partial charge in [-0.2, -0.15) is 0 Å². The first-order valence-electron chi connectivity index (χ1n) is 8.56. The van der Waals surface area contributed by atoms with Gasteiger partial charge in [-0.25, -0.2) is 0 Å². The van der Waals surface area contributed by atoms with Crippen molar-refractivity contribution >= 4 is 28.5 Å². The van der Waals surface area contributed by atoms with Gasteiger partial charge in [-0.3, -0.25) is 9.59 Å². The van der Waals surface area contributed by atoms with E-state index < -0.39 is 0 Å². The highest BCUT2D eigenvalue weighted by Gasteiger charge is 2.16. The molecule has 0 saturated carbocycles. The number of carbonyl (C=O) groups excluding carboxylic acids is 2. The molecule has 3 aromatic rings. The molecule has 0 bridgehead atoms. The molecular formula is C20H19N3O3. The number of fused-ring (bicyclic) bond motifs is 1. The normalized spacial score (nSPS) is 14.3. The largest absolute Gasteiger partial charge is 0.451 e. The zero-order valence-corrected chi connectivity index (χ0v) is 14.2. The van der Waals surface area contributed by atoms with Crippen LogP contribution in [0.15, 0.2) is 59.0 Å². The average Bonchev–Trinajstić information content (AvgIpc) is 3.11. The number of benzene rings is 2. The Morgan fingerprint density at radius 1 is 1.15 bits per heavy atom. The predicted molar refractivity (Wildman–Crippen MR) is 99.0 cm³/mol. The van der Waals surface area contributed by atoms with Gasteiger partial charge in [0.2, 0.25) is 5.91 Å². The van der Waals surface area contributed by atoms with Crippen LogP contribution in [0.5, 0.6) is 0 Å². The molecule has 2 N–H and O–H groups in total. The molecule has 2 heterocycles. The van der Waals surface area contributed by atoms with Gasteiger partial charge in [0.25, 0.3) is 5.91 Å². The molecule has 0 atom stereocenters. The van der Waals surface area contributed by atoms with E-state index in [1.54, 1.807) is 6.07 Å². The number of nitrogens with zero attached hydrogens (tertiary/aromatic N) is 1. The van der Waals surface area contributed by atoms with Crippen LogP contribution in [0.2, 0.25) is 0 Å². The molecule has 0 radical (unpaired) electrons. The molecule has 0 aliphatic carbocycles. The second-order valence-corrected chi connectivity index (χ2v) is 6.27. The van der Waals surface area contributed by atoms with Crippen LogP contribution in [0, 0.1) is 0 Å². The van der Waals surface area contributed by atoms with Crippen molar-refractivity contribution in [2.24, 2.45) is 0 Å². The number of para-hydroxylation sites is 1. The number of carbonyl (C=O) groups is 2. The van der Waals surface area contributed by atoms with Crippen LogP contribution in [-0.4, -0.2) is 31.4 Å². The van der Waals surface area contributed by atoms with Crippen molar-refractivity contribution in [2.45, 2.75) is 6.54 Å². The number of hydrogen-bond donors (Lipinski definition) is 2. The highest BCUT2D eigenvalue weighted by molar-refractivity contribution is 5.96. The lowest BCUT2D eigenvalue weighted by Gasteiger charge is -2.28. The third kappa shape index (κ3) is 3.39.